The van der Waals surface area contributed by atoms with Gasteiger partial charge in [-0.2, -0.15) is 10.2 Å². The average Bonchev–Trinajstić information content (AvgIpc) is 3.61. The van der Waals surface area contributed by atoms with Crippen LogP contribution in [0.3, 0.4) is 0 Å². The number of aromatic hydroxyl groups is 1. The number of ether oxygens (including phenoxy) is 2. The molecule has 0 spiro atoms. The molecule has 37 heavy (non-hydrogen) atoms. The summed E-state index contributed by atoms with van der Waals surface area (Å²) < 4.78 is 11.4. The summed E-state index contributed by atoms with van der Waals surface area (Å²) in [5.74, 6) is 1.48. The fourth-order valence-corrected chi connectivity index (χ4v) is 5.17. The second-order valence-corrected chi connectivity index (χ2v) is 8.65. The number of H-pyrrole nitrogens is 2. The summed E-state index contributed by atoms with van der Waals surface area (Å²) >= 11 is 0. The second kappa shape index (κ2) is 7.92. The van der Waals surface area contributed by atoms with Crippen LogP contribution in [-0.4, -0.2) is 49.7 Å². The molecule has 180 valence electrons. The van der Waals surface area contributed by atoms with E-state index in [1.807, 2.05) is 42.5 Å². The average molecular weight is 489 g/mol. The number of phenols is 1. The van der Waals surface area contributed by atoms with E-state index in [9.17, 15) is 5.11 Å². The van der Waals surface area contributed by atoms with Crippen LogP contribution in [0.1, 0.15) is 0 Å². The van der Waals surface area contributed by atoms with E-state index >= 15 is 0 Å². The molecule has 9 nitrogen and oxygen atoms in total. The number of rotatable bonds is 4. The van der Waals surface area contributed by atoms with Crippen molar-refractivity contribution >= 4 is 43.6 Å². The largest absolute Gasteiger partial charge is 0.507 e. The molecule has 3 N–H and O–H groups in total. The van der Waals surface area contributed by atoms with Gasteiger partial charge >= 0.3 is 0 Å². The third-order valence-electron chi connectivity index (χ3n) is 6.76. The van der Waals surface area contributed by atoms with Crippen molar-refractivity contribution in [3.63, 3.8) is 0 Å². The molecular formula is C28H20N6O3. The molecule has 0 saturated carbocycles. The first-order valence-corrected chi connectivity index (χ1v) is 11.6. The van der Waals surface area contributed by atoms with E-state index in [4.69, 9.17) is 19.4 Å². The molecule has 0 fully saturated rings. The maximum atomic E-state index is 11.3. The summed E-state index contributed by atoms with van der Waals surface area (Å²) in [7, 11) is 3.28. The molecule has 7 rings (SSSR count). The number of phenolic OH excluding ortho intramolecular Hbond substituents is 1. The number of aromatic amines is 2. The number of aromatic nitrogens is 6. The first-order chi connectivity index (χ1) is 18.2. The highest BCUT2D eigenvalue weighted by atomic mass is 16.5. The first kappa shape index (κ1) is 21.1. The van der Waals surface area contributed by atoms with Gasteiger partial charge in [0.2, 0.25) is 0 Å². The normalized spacial score (nSPS) is 11.6. The molecule has 7 aromatic rings. The Balaban J connectivity index is 1.64. The van der Waals surface area contributed by atoms with Crippen molar-refractivity contribution < 1.29 is 14.6 Å². The quantitative estimate of drug-likeness (QED) is 0.295. The highest BCUT2D eigenvalue weighted by Gasteiger charge is 2.23. The Hall–Kier alpha value is -5.18. The summed E-state index contributed by atoms with van der Waals surface area (Å²) in [6.07, 6.45) is 3.48. The zero-order valence-electron chi connectivity index (χ0n) is 19.9. The van der Waals surface area contributed by atoms with Crippen LogP contribution in [0.15, 0.2) is 67.0 Å². The Kier molecular flexibility index (Phi) is 4.52. The smallest absolute Gasteiger partial charge is 0.156 e. The Morgan fingerprint density at radius 1 is 0.649 bits per heavy atom. The second-order valence-electron chi connectivity index (χ2n) is 8.65. The van der Waals surface area contributed by atoms with E-state index < -0.39 is 0 Å². The number of pyridine rings is 2. The minimum absolute atomic E-state index is 0.0792. The van der Waals surface area contributed by atoms with E-state index in [2.05, 4.69) is 20.4 Å². The summed E-state index contributed by atoms with van der Waals surface area (Å²) in [5, 5.41) is 30.8. The molecule has 0 aliphatic carbocycles. The molecule has 0 bridgehead atoms. The van der Waals surface area contributed by atoms with Gasteiger partial charge in [0.25, 0.3) is 0 Å². The van der Waals surface area contributed by atoms with Crippen molar-refractivity contribution in [1.82, 2.24) is 30.4 Å². The van der Waals surface area contributed by atoms with Crippen LogP contribution in [-0.2, 0) is 0 Å². The predicted octanol–water partition coefficient (Wildman–Crippen LogP) is 5.59. The van der Waals surface area contributed by atoms with Gasteiger partial charge in [-0.1, -0.05) is 36.4 Å². The van der Waals surface area contributed by atoms with Crippen molar-refractivity contribution in [2.24, 2.45) is 0 Å². The minimum Gasteiger partial charge on any atom is -0.507 e. The van der Waals surface area contributed by atoms with Crippen LogP contribution < -0.4 is 9.47 Å². The first-order valence-electron chi connectivity index (χ1n) is 11.6. The van der Waals surface area contributed by atoms with Gasteiger partial charge < -0.3 is 14.6 Å². The lowest BCUT2D eigenvalue weighted by molar-refractivity contribution is 0.420. The lowest BCUT2D eigenvalue weighted by atomic mass is 9.93. The van der Waals surface area contributed by atoms with Gasteiger partial charge in [-0.25, -0.2) is 9.97 Å². The van der Waals surface area contributed by atoms with Crippen molar-refractivity contribution in [2.45, 2.75) is 0 Å². The number of hydrogen-bond donors (Lipinski definition) is 3. The van der Waals surface area contributed by atoms with Gasteiger partial charge in [-0.05, 0) is 18.2 Å². The molecule has 0 aliphatic heterocycles. The fourth-order valence-electron chi connectivity index (χ4n) is 5.17. The third kappa shape index (κ3) is 2.97. The number of fused-ring (bicyclic) bond motifs is 6. The maximum absolute atomic E-state index is 11.3. The van der Waals surface area contributed by atoms with Crippen LogP contribution in [0.2, 0.25) is 0 Å². The van der Waals surface area contributed by atoms with Crippen LogP contribution >= 0.6 is 0 Å². The van der Waals surface area contributed by atoms with Crippen LogP contribution in [0.5, 0.6) is 17.2 Å². The lowest BCUT2D eigenvalue weighted by Gasteiger charge is -2.16. The van der Waals surface area contributed by atoms with Gasteiger partial charge in [0.15, 0.2) is 11.3 Å². The summed E-state index contributed by atoms with van der Waals surface area (Å²) in [6.45, 7) is 0. The summed E-state index contributed by atoms with van der Waals surface area (Å²) in [5.41, 5.74) is 3.72. The lowest BCUT2D eigenvalue weighted by Crippen LogP contribution is -1.97. The van der Waals surface area contributed by atoms with Crippen LogP contribution in [0.4, 0.5) is 0 Å². The number of methoxy groups -OCH3 is 2. The number of nitrogens with one attached hydrogen (secondary N) is 2. The molecule has 3 aromatic carbocycles. The van der Waals surface area contributed by atoms with E-state index in [1.165, 1.54) is 0 Å². The SMILES string of the molecule is COc1cccc2c(-c3cccc(O)c3-c3nc4[nH]ncc4c4c(OC)cccc34)nc3[nH]ncc3c12. The van der Waals surface area contributed by atoms with Crippen molar-refractivity contribution in [1.29, 1.82) is 0 Å². The molecule has 0 saturated heterocycles. The standard InChI is InChI=1S/C28H20N6O3/c1-36-20-10-4-7-14-22(20)17-12-29-33-27(17)31-25(14)16-6-3-9-19(35)24(16)26-15-8-5-11-21(37-2)23(15)18-13-30-34-28(18)32-26/h3-13,35H,1-2H3,(H,29,31,33)(H,30,32,34). The molecule has 4 aromatic heterocycles. The molecule has 0 unspecified atom stereocenters. The Bertz CT molecular complexity index is 1990. The van der Waals surface area contributed by atoms with Crippen molar-refractivity contribution in [2.75, 3.05) is 14.2 Å². The topological polar surface area (TPSA) is 122 Å². The van der Waals surface area contributed by atoms with E-state index in [-0.39, 0.29) is 5.75 Å². The fraction of sp³-hybridized carbons (Fsp3) is 0.0714. The van der Waals surface area contributed by atoms with Crippen LogP contribution in [0.25, 0.3) is 66.1 Å². The van der Waals surface area contributed by atoms with Crippen molar-refractivity contribution in [3.05, 3.63) is 67.0 Å². The highest BCUT2D eigenvalue weighted by Crippen LogP contribution is 2.46. The molecule has 9 heteroatoms. The van der Waals surface area contributed by atoms with Gasteiger partial charge in [0, 0.05) is 27.1 Å². The van der Waals surface area contributed by atoms with Gasteiger partial charge in [0.1, 0.15) is 17.2 Å². The van der Waals surface area contributed by atoms with Gasteiger partial charge in [-0.3, -0.25) is 10.2 Å². The highest BCUT2D eigenvalue weighted by molar-refractivity contribution is 6.17. The van der Waals surface area contributed by atoms with Gasteiger partial charge in [0.05, 0.1) is 54.3 Å². The Labute approximate surface area is 209 Å². The monoisotopic (exact) mass is 488 g/mol. The van der Waals surface area contributed by atoms with E-state index in [0.29, 0.717) is 45.3 Å². The minimum atomic E-state index is 0.0792. The Morgan fingerprint density at radius 2 is 1.19 bits per heavy atom. The number of benzene rings is 3. The predicted molar refractivity (Wildman–Crippen MR) is 142 cm³/mol. The third-order valence-corrected chi connectivity index (χ3v) is 6.76. The number of hydrogen-bond acceptors (Lipinski definition) is 7. The zero-order chi connectivity index (χ0) is 25.1. The molecule has 0 atom stereocenters. The Morgan fingerprint density at radius 3 is 1.78 bits per heavy atom. The van der Waals surface area contributed by atoms with Crippen molar-refractivity contribution in [3.8, 4) is 39.8 Å². The maximum Gasteiger partial charge on any atom is 0.156 e. The molecule has 4 heterocycles. The summed E-state index contributed by atoms with van der Waals surface area (Å²) in [6, 6.07) is 17.0. The van der Waals surface area contributed by atoms with Gasteiger partial charge in [-0.15, -0.1) is 0 Å². The van der Waals surface area contributed by atoms with E-state index in [0.717, 1.165) is 32.3 Å². The summed E-state index contributed by atoms with van der Waals surface area (Å²) in [4.78, 5) is 9.86. The molecule has 0 radical (unpaired) electrons. The molecule has 0 amide bonds. The number of nitrogens with zero attached hydrogens (tertiary/aromatic N) is 4. The molecular weight excluding hydrogens is 468 g/mol. The van der Waals surface area contributed by atoms with E-state index in [1.54, 1.807) is 38.7 Å². The molecule has 0 aliphatic rings. The van der Waals surface area contributed by atoms with Crippen LogP contribution in [0, 0.1) is 0 Å². The zero-order valence-corrected chi connectivity index (χ0v) is 19.9.